The van der Waals surface area contributed by atoms with Crippen molar-refractivity contribution in [3.8, 4) is 5.75 Å². The fourth-order valence-corrected chi connectivity index (χ4v) is 3.15. The molecule has 0 radical (unpaired) electrons. The van der Waals surface area contributed by atoms with Crippen molar-refractivity contribution in [1.29, 1.82) is 0 Å². The average molecular weight is 299 g/mol. The van der Waals surface area contributed by atoms with Crippen LogP contribution >= 0.6 is 0 Å². The van der Waals surface area contributed by atoms with E-state index in [2.05, 4.69) is 0 Å². The van der Waals surface area contributed by atoms with Crippen molar-refractivity contribution >= 4 is 21.7 Å². The van der Waals surface area contributed by atoms with E-state index < -0.39 is 16.0 Å². The fourth-order valence-electron chi connectivity index (χ4n) is 2.21. The van der Waals surface area contributed by atoms with E-state index in [1.807, 2.05) is 0 Å². The highest BCUT2D eigenvalue weighted by Crippen LogP contribution is 2.35. The van der Waals surface area contributed by atoms with Gasteiger partial charge in [-0.25, -0.2) is 8.42 Å². The highest BCUT2D eigenvalue weighted by Gasteiger charge is 2.30. The van der Waals surface area contributed by atoms with Crippen LogP contribution < -0.4 is 9.04 Å². The van der Waals surface area contributed by atoms with E-state index >= 15 is 0 Å². The molecule has 0 unspecified atom stereocenters. The van der Waals surface area contributed by atoms with Gasteiger partial charge in [0.25, 0.3) is 0 Å². The van der Waals surface area contributed by atoms with Gasteiger partial charge in [0.15, 0.2) is 0 Å². The number of carboxylic acid groups (broad SMARTS) is 1. The van der Waals surface area contributed by atoms with Gasteiger partial charge in [-0.1, -0.05) is 12.1 Å². The molecule has 2 rings (SSSR count). The fraction of sp³-hybridized carbons (Fsp3) is 0.462. The second kappa shape index (κ2) is 5.70. The number of nitrogens with zero attached hydrogens (tertiary/aromatic N) is 1. The van der Waals surface area contributed by atoms with Crippen LogP contribution in [0, 0.1) is 0 Å². The van der Waals surface area contributed by atoms with Crippen LogP contribution in [-0.4, -0.2) is 38.4 Å². The minimum absolute atomic E-state index is 0.0559. The third kappa shape index (κ3) is 3.41. The zero-order valence-corrected chi connectivity index (χ0v) is 12.0. The first kappa shape index (κ1) is 14.6. The summed E-state index contributed by atoms with van der Waals surface area (Å²) >= 11 is 0. The van der Waals surface area contributed by atoms with E-state index in [1.165, 1.54) is 4.31 Å². The molecule has 0 aromatic heterocycles. The molecule has 0 spiro atoms. The van der Waals surface area contributed by atoms with Gasteiger partial charge in [0.2, 0.25) is 10.0 Å². The number of anilines is 1. The van der Waals surface area contributed by atoms with Crippen molar-refractivity contribution < 1.29 is 23.1 Å². The first-order valence-corrected chi connectivity index (χ1v) is 8.18. The van der Waals surface area contributed by atoms with Gasteiger partial charge in [0.1, 0.15) is 11.9 Å². The molecule has 0 saturated heterocycles. The molecular weight excluding hydrogens is 282 g/mol. The molecule has 20 heavy (non-hydrogen) atoms. The molecule has 0 aliphatic carbocycles. The molecule has 1 N–H and O–H groups in total. The third-order valence-corrected chi connectivity index (χ3v) is 4.26. The predicted octanol–water partition coefficient (Wildman–Crippen LogP) is 1.47. The van der Waals surface area contributed by atoms with Crippen LogP contribution in [0.25, 0.3) is 0 Å². The number of carbonyl (C=O) groups is 1. The first-order chi connectivity index (χ1) is 9.38. The number of hydrogen-bond donors (Lipinski definition) is 1. The monoisotopic (exact) mass is 299 g/mol. The number of para-hydroxylation sites is 2. The molecule has 1 aromatic carbocycles. The summed E-state index contributed by atoms with van der Waals surface area (Å²) < 4.78 is 30.8. The Morgan fingerprint density at radius 3 is 2.80 bits per heavy atom. The Kier molecular flexibility index (Phi) is 4.17. The summed E-state index contributed by atoms with van der Waals surface area (Å²) in [7, 11) is -3.38. The summed E-state index contributed by atoms with van der Waals surface area (Å²) in [4.78, 5) is 10.5. The number of sulfonamides is 1. The molecule has 0 saturated carbocycles. The van der Waals surface area contributed by atoms with E-state index in [0.29, 0.717) is 24.3 Å². The average Bonchev–Trinajstić information content (AvgIpc) is 2.36. The highest BCUT2D eigenvalue weighted by molar-refractivity contribution is 7.92. The lowest BCUT2D eigenvalue weighted by Crippen LogP contribution is -2.43. The molecule has 1 aliphatic heterocycles. The molecule has 1 aromatic rings. The molecule has 110 valence electrons. The second-order valence-electron chi connectivity index (χ2n) is 4.79. The van der Waals surface area contributed by atoms with Crippen molar-refractivity contribution in [2.24, 2.45) is 0 Å². The largest absolute Gasteiger partial charge is 0.486 e. The quantitative estimate of drug-likeness (QED) is 0.890. The van der Waals surface area contributed by atoms with Gasteiger partial charge in [-0.05, 0) is 25.0 Å². The lowest BCUT2D eigenvalue weighted by atomic mass is 10.1. The van der Waals surface area contributed by atoms with Crippen molar-refractivity contribution in [3.63, 3.8) is 0 Å². The van der Waals surface area contributed by atoms with Crippen molar-refractivity contribution in [2.75, 3.05) is 17.1 Å². The Hall–Kier alpha value is -1.76. The summed E-state index contributed by atoms with van der Waals surface area (Å²) in [6, 6.07) is 6.95. The van der Waals surface area contributed by atoms with Crippen molar-refractivity contribution in [1.82, 2.24) is 0 Å². The zero-order chi connectivity index (χ0) is 14.8. The lowest BCUT2D eigenvalue weighted by Gasteiger charge is -2.34. The SMILES string of the molecule is CS(=O)(=O)N1C[C@H](CCCC(=O)O)Oc2ccccc21. The topological polar surface area (TPSA) is 83.9 Å². The van der Waals surface area contributed by atoms with Crippen molar-refractivity contribution in [3.05, 3.63) is 24.3 Å². The summed E-state index contributed by atoms with van der Waals surface area (Å²) in [5, 5.41) is 8.63. The van der Waals surface area contributed by atoms with Crippen LogP contribution in [0.1, 0.15) is 19.3 Å². The molecule has 0 fully saturated rings. The van der Waals surface area contributed by atoms with Crippen LogP contribution in [-0.2, 0) is 14.8 Å². The minimum atomic E-state index is -3.38. The van der Waals surface area contributed by atoms with E-state index in [9.17, 15) is 13.2 Å². The molecule has 0 amide bonds. The maximum absolute atomic E-state index is 11.9. The third-order valence-electron chi connectivity index (χ3n) is 3.11. The Labute approximate surface area is 118 Å². The molecule has 1 atom stereocenters. The standard InChI is InChI=1S/C13H17NO5S/c1-20(17,18)14-9-10(5-4-8-13(15)16)19-12-7-3-2-6-11(12)14/h2-3,6-7,10H,4-5,8-9H2,1H3,(H,15,16)/t10-/m0/s1. The number of benzene rings is 1. The zero-order valence-electron chi connectivity index (χ0n) is 11.2. The van der Waals surface area contributed by atoms with Gasteiger partial charge in [0.05, 0.1) is 18.5 Å². The normalized spacial score (nSPS) is 18.2. The second-order valence-corrected chi connectivity index (χ2v) is 6.69. The molecular formula is C13H17NO5S. The van der Waals surface area contributed by atoms with Gasteiger partial charge in [-0.15, -0.1) is 0 Å². The lowest BCUT2D eigenvalue weighted by molar-refractivity contribution is -0.137. The van der Waals surface area contributed by atoms with Gasteiger partial charge < -0.3 is 9.84 Å². The Morgan fingerprint density at radius 2 is 2.15 bits per heavy atom. The van der Waals surface area contributed by atoms with Crippen LogP contribution in [0.15, 0.2) is 24.3 Å². The van der Waals surface area contributed by atoms with Crippen LogP contribution in [0.4, 0.5) is 5.69 Å². The molecule has 6 nitrogen and oxygen atoms in total. The molecule has 0 bridgehead atoms. The van der Waals surface area contributed by atoms with Gasteiger partial charge in [0, 0.05) is 6.42 Å². The van der Waals surface area contributed by atoms with E-state index in [0.717, 1.165) is 6.26 Å². The summed E-state index contributed by atoms with van der Waals surface area (Å²) in [5.74, 6) is -0.342. The first-order valence-electron chi connectivity index (χ1n) is 6.33. The smallest absolute Gasteiger partial charge is 0.303 e. The summed E-state index contributed by atoms with van der Waals surface area (Å²) in [5.41, 5.74) is 0.532. The summed E-state index contributed by atoms with van der Waals surface area (Å²) in [6.45, 7) is 0.218. The summed E-state index contributed by atoms with van der Waals surface area (Å²) in [6.07, 6.45) is 1.86. The molecule has 1 heterocycles. The van der Waals surface area contributed by atoms with E-state index in [4.69, 9.17) is 9.84 Å². The number of ether oxygens (including phenoxy) is 1. The minimum Gasteiger partial charge on any atom is -0.486 e. The van der Waals surface area contributed by atoms with Crippen LogP contribution in [0.3, 0.4) is 0 Å². The molecule has 7 heteroatoms. The van der Waals surface area contributed by atoms with E-state index in [-0.39, 0.29) is 19.1 Å². The Morgan fingerprint density at radius 1 is 1.45 bits per heavy atom. The molecule has 1 aliphatic rings. The van der Waals surface area contributed by atoms with Gasteiger partial charge in [-0.3, -0.25) is 9.10 Å². The number of hydrogen-bond acceptors (Lipinski definition) is 4. The number of aliphatic carboxylic acids is 1. The Bertz CT molecular complexity index is 599. The highest BCUT2D eigenvalue weighted by atomic mass is 32.2. The van der Waals surface area contributed by atoms with Crippen molar-refractivity contribution in [2.45, 2.75) is 25.4 Å². The number of rotatable bonds is 5. The van der Waals surface area contributed by atoms with Crippen LogP contribution in [0.2, 0.25) is 0 Å². The number of carboxylic acids is 1. The van der Waals surface area contributed by atoms with E-state index in [1.54, 1.807) is 24.3 Å². The Balaban J connectivity index is 2.16. The van der Waals surface area contributed by atoms with Gasteiger partial charge in [-0.2, -0.15) is 0 Å². The van der Waals surface area contributed by atoms with Gasteiger partial charge >= 0.3 is 5.97 Å². The number of fused-ring (bicyclic) bond motifs is 1. The van der Waals surface area contributed by atoms with Crippen LogP contribution in [0.5, 0.6) is 5.75 Å². The maximum atomic E-state index is 11.9. The predicted molar refractivity (Wildman–Crippen MR) is 74.5 cm³/mol. The maximum Gasteiger partial charge on any atom is 0.303 e.